The Morgan fingerprint density at radius 2 is 2.00 bits per heavy atom. The average molecular weight is 254 g/mol. The van der Waals surface area contributed by atoms with E-state index in [9.17, 15) is 4.79 Å². The number of aliphatic imine (C=N–C) groups is 1. The number of nitrogens with one attached hydrogen (secondary N) is 1. The fraction of sp³-hybridized carbons (Fsp3) is 0.846. The van der Waals surface area contributed by atoms with E-state index in [4.69, 9.17) is 5.73 Å². The normalized spacial score (nSPS) is 17.1. The molecule has 0 aromatic rings. The number of amides is 1. The van der Waals surface area contributed by atoms with Crippen LogP contribution >= 0.6 is 0 Å². The SMILES string of the molecule is CC(C)C(=O)NCCCN=C(N)N1CCCCC1. The van der Waals surface area contributed by atoms with Gasteiger partial charge in [0, 0.05) is 32.1 Å². The summed E-state index contributed by atoms with van der Waals surface area (Å²) in [6.07, 6.45) is 4.55. The molecule has 1 rings (SSSR count). The Morgan fingerprint density at radius 3 is 2.61 bits per heavy atom. The van der Waals surface area contributed by atoms with Crippen molar-refractivity contribution in [2.45, 2.75) is 39.5 Å². The van der Waals surface area contributed by atoms with Crippen LogP contribution in [0.25, 0.3) is 0 Å². The molecule has 0 radical (unpaired) electrons. The number of hydrogen-bond donors (Lipinski definition) is 2. The number of hydrogen-bond acceptors (Lipinski definition) is 2. The zero-order chi connectivity index (χ0) is 13.4. The van der Waals surface area contributed by atoms with Crippen LogP contribution in [0.2, 0.25) is 0 Å². The van der Waals surface area contributed by atoms with E-state index in [0.717, 1.165) is 19.5 Å². The Kier molecular flexibility index (Phi) is 6.54. The third-order valence-electron chi connectivity index (χ3n) is 3.11. The minimum Gasteiger partial charge on any atom is -0.370 e. The molecule has 0 aliphatic carbocycles. The molecule has 1 aliphatic rings. The summed E-state index contributed by atoms with van der Waals surface area (Å²) >= 11 is 0. The van der Waals surface area contributed by atoms with E-state index in [1.807, 2.05) is 13.8 Å². The highest BCUT2D eigenvalue weighted by Crippen LogP contribution is 2.07. The Labute approximate surface area is 110 Å². The summed E-state index contributed by atoms with van der Waals surface area (Å²) in [4.78, 5) is 17.8. The largest absolute Gasteiger partial charge is 0.370 e. The average Bonchev–Trinajstić information content (AvgIpc) is 2.38. The maximum absolute atomic E-state index is 11.3. The van der Waals surface area contributed by atoms with Crippen LogP contribution in [0.15, 0.2) is 4.99 Å². The van der Waals surface area contributed by atoms with Crippen LogP contribution < -0.4 is 11.1 Å². The summed E-state index contributed by atoms with van der Waals surface area (Å²) in [5.74, 6) is 0.805. The van der Waals surface area contributed by atoms with Crippen molar-refractivity contribution in [3.63, 3.8) is 0 Å². The van der Waals surface area contributed by atoms with Crippen molar-refractivity contribution < 1.29 is 4.79 Å². The van der Waals surface area contributed by atoms with Crippen LogP contribution in [-0.4, -0.2) is 42.9 Å². The Balaban J connectivity index is 2.13. The van der Waals surface area contributed by atoms with Gasteiger partial charge in [-0.25, -0.2) is 0 Å². The first kappa shape index (κ1) is 14.8. The molecule has 0 atom stereocenters. The smallest absolute Gasteiger partial charge is 0.222 e. The van der Waals surface area contributed by atoms with E-state index in [-0.39, 0.29) is 11.8 Å². The van der Waals surface area contributed by atoms with Crippen molar-refractivity contribution in [3.8, 4) is 0 Å². The van der Waals surface area contributed by atoms with Crippen LogP contribution in [0.5, 0.6) is 0 Å². The van der Waals surface area contributed by atoms with Gasteiger partial charge in [-0.3, -0.25) is 9.79 Å². The Bertz CT molecular complexity index is 283. The second-order valence-corrected chi connectivity index (χ2v) is 5.09. The second kappa shape index (κ2) is 7.95. The van der Waals surface area contributed by atoms with Gasteiger partial charge in [-0.2, -0.15) is 0 Å². The molecule has 0 spiro atoms. The van der Waals surface area contributed by atoms with Gasteiger partial charge in [0.05, 0.1) is 0 Å². The minimum atomic E-state index is 0.0481. The zero-order valence-corrected chi connectivity index (χ0v) is 11.6. The molecule has 0 aromatic heterocycles. The van der Waals surface area contributed by atoms with Crippen LogP contribution in [0.1, 0.15) is 39.5 Å². The number of guanidine groups is 1. The molecule has 1 amide bonds. The van der Waals surface area contributed by atoms with Crippen molar-refractivity contribution in [3.05, 3.63) is 0 Å². The van der Waals surface area contributed by atoms with Gasteiger partial charge in [0.1, 0.15) is 0 Å². The zero-order valence-electron chi connectivity index (χ0n) is 11.6. The number of carbonyl (C=O) groups excluding carboxylic acids is 1. The van der Waals surface area contributed by atoms with Crippen molar-refractivity contribution >= 4 is 11.9 Å². The van der Waals surface area contributed by atoms with Crippen molar-refractivity contribution in [2.24, 2.45) is 16.6 Å². The van der Waals surface area contributed by atoms with Crippen LogP contribution in [0.3, 0.4) is 0 Å². The predicted octanol–water partition coefficient (Wildman–Crippen LogP) is 0.949. The lowest BCUT2D eigenvalue weighted by Gasteiger charge is -2.27. The van der Waals surface area contributed by atoms with Crippen LogP contribution in [0, 0.1) is 5.92 Å². The summed E-state index contributed by atoms with van der Waals surface area (Å²) in [5, 5.41) is 2.87. The summed E-state index contributed by atoms with van der Waals surface area (Å²) in [6.45, 7) is 7.19. The van der Waals surface area contributed by atoms with Gasteiger partial charge in [-0.1, -0.05) is 13.8 Å². The fourth-order valence-corrected chi connectivity index (χ4v) is 1.91. The first-order valence-electron chi connectivity index (χ1n) is 6.94. The number of carbonyl (C=O) groups is 1. The van der Waals surface area contributed by atoms with Crippen molar-refractivity contribution in [2.75, 3.05) is 26.2 Å². The van der Waals surface area contributed by atoms with Crippen molar-refractivity contribution in [1.29, 1.82) is 0 Å². The van der Waals surface area contributed by atoms with Gasteiger partial charge in [0.25, 0.3) is 0 Å². The monoisotopic (exact) mass is 254 g/mol. The summed E-state index contributed by atoms with van der Waals surface area (Å²) < 4.78 is 0. The highest BCUT2D eigenvalue weighted by atomic mass is 16.1. The predicted molar refractivity (Wildman–Crippen MR) is 74.4 cm³/mol. The lowest BCUT2D eigenvalue weighted by Crippen LogP contribution is -2.41. The molecule has 1 fully saturated rings. The molecule has 1 saturated heterocycles. The standard InChI is InChI=1S/C13H26N4O/c1-11(2)12(18)15-7-6-8-16-13(14)17-9-4-3-5-10-17/h11H,3-10H2,1-2H3,(H2,14,16)(H,15,18). The Morgan fingerprint density at radius 1 is 1.33 bits per heavy atom. The molecule has 0 unspecified atom stereocenters. The van der Waals surface area contributed by atoms with Crippen LogP contribution in [0.4, 0.5) is 0 Å². The summed E-state index contributed by atoms with van der Waals surface area (Å²) in [7, 11) is 0. The quantitative estimate of drug-likeness (QED) is 0.436. The fourth-order valence-electron chi connectivity index (χ4n) is 1.91. The Hall–Kier alpha value is -1.26. The molecule has 0 aromatic carbocycles. The van der Waals surface area contributed by atoms with E-state index < -0.39 is 0 Å². The third-order valence-corrected chi connectivity index (χ3v) is 3.11. The van der Waals surface area contributed by atoms with Crippen LogP contribution in [-0.2, 0) is 4.79 Å². The molecule has 1 heterocycles. The molecule has 5 heteroatoms. The van der Waals surface area contributed by atoms with Gasteiger partial charge in [0.15, 0.2) is 5.96 Å². The number of likely N-dealkylation sites (tertiary alicyclic amines) is 1. The van der Waals surface area contributed by atoms with E-state index in [1.165, 1.54) is 19.3 Å². The summed E-state index contributed by atoms with van der Waals surface area (Å²) in [5.41, 5.74) is 5.93. The number of piperidine rings is 1. The maximum Gasteiger partial charge on any atom is 0.222 e. The van der Waals surface area contributed by atoms with Gasteiger partial charge in [-0.05, 0) is 25.7 Å². The highest BCUT2D eigenvalue weighted by molar-refractivity contribution is 5.78. The molecule has 0 saturated carbocycles. The molecule has 0 bridgehead atoms. The lowest BCUT2D eigenvalue weighted by molar-refractivity contribution is -0.123. The molecule has 1 aliphatic heterocycles. The van der Waals surface area contributed by atoms with Gasteiger partial charge in [0.2, 0.25) is 5.91 Å². The van der Waals surface area contributed by atoms with Crippen molar-refractivity contribution in [1.82, 2.24) is 10.2 Å². The number of nitrogens with two attached hydrogens (primary N) is 1. The molecular weight excluding hydrogens is 228 g/mol. The summed E-state index contributed by atoms with van der Waals surface area (Å²) in [6, 6.07) is 0. The highest BCUT2D eigenvalue weighted by Gasteiger charge is 2.11. The number of nitrogens with zero attached hydrogens (tertiary/aromatic N) is 2. The van der Waals surface area contributed by atoms with Gasteiger partial charge < -0.3 is 16.0 Å². The lowest BCUT2D eigenvalue weighted by atomic mass is 10.1. The van der Waals surface area contributed by atoms with E-state index >= 15 is 0 Å². The first-order valence-corrected chi connectivity index (χ1v) is 6.94. The maximum atomic E-state index is 11.3. The molecular formula is C13H26N4O. The second-order valence-electron chi connectivity index (χ2n) is 5.09. The topological polar surface area (TPSA) is 70.7 Å². The van der Waals surface area contributed by atoms with Gasteiger partial charge in [-0.15, -0.1) is 0 Å². The number of rotatable bonds is 5. The third kappa shape index (κ3) is 5.38. The first-order chi connectivity index (χ1) is 8.61. The van der Waals surface area contributed by atoms with E-state index in [2.05, 4.69) is 15.2 Å². The molecule has 3 N–H and O–H groups in total. The molecule has 104 valence electrons. The molecule has 5 nitrogen and oxygen atoms in total. The van der Waals surface area contributed by atoms with Gasteiger partial charge >= 0.3 is 0 Å². The van der Waals surface area contributed by atoms with E-state index in [1.54, 1.807) is 0 Å². The molecule has 18 heavy (non-hydrogen) atoms. The van der Waals surface area contributed by atoms with E-state index in [0.29, 0.717) is 19.0 Å². The minimum absolute atomic E-state index is 0.0481.